The van der Waals surface area contributed by atoms with E-state index in [4.69, 9.17) is 26.9 Å². The first-order valence-corrected chi connectivity index (χ1v) is 12.2. The van der Waals surface area contributed by atoms with Gasteiger partial charge in [0.05, 0.1) is 10.1 Å². The Morgan fingerprint density at radius 1 is 1.16 bits per heavy atom. The molecule has 2 aromatic carbocycles. The van der Waals surface area contributed by atoms with Crippen LogP contribution in [0.2, 0.25) is 0 Å². The summed E-state index contributed by atoms with van der Waals surface area (Å²) in [6, 6.07) is 7.33. The van der Waals surface area contributed by atoms with Gasteiger partial charge < -0.3 is 21.2 Å². The van der Waals surface area contributed by atoms with Crippen molar-refractivity contribution in [2.75, 3.05) is 18.8 Å². The summed E-state index contributed by atoms with van der Waals surface area (Å²) in [6.45, 7) is 0.351. The summed E-state index contributed by atoms with van der Waals surface area (Å²) < 4.78 is 57.0. The maximum atomic E-state index is 13.2. The molecule has 0 aliphatic carbocycles. The van der Waals surface area contributed by atoms with Crippen molar-refractivity contribution in [3.63, 3.8) is 0 Å². The molecule has 3 aromatic rings. The molecule has 1 fully saturated rings. The Balaban J connectivity index is 2.14. The van der Waals surface area contributed by atoms with Crippen LogP contribution >= 0.6 is 0 Å². The lowest BCUT2D eigenvalue weighted by Crippen LogP contribution is -2.51. The smallest absolute Gasteiger partial charge is 0.293 e. The van der Waals surface area contributed by atoms with Crippen LogP contribution < -0.4 is 33.3 Å². The van der Waals surface area contributed by atoms with E-state index >= 15 is 0 Å². The van der Waals surface area contributed by atoms with Crippen molar-refractivity contribution in [2.24, 2.45) is 21.8 Å². The highest BCUT2D eigenvalue weighted by Gasteiger charge is 2.38. The summed E-state index contributed by atoms with van der Waals surface area (Å²) >= 11 is 0. The molecule has 32 heavy (non-hydrogen) atoms. The zero-order valence-corrected chi connectivity index (χ0v) is 18.1. The van der Waals surface area contributed by atoms with E-state index in [0.717, 1.165) is 0 Å². The van der Waals surface area contributed by atoms with E-state index in [1.165, 1.54) is 12.1 Å². The second kappa shape index (κ2) is 7.72. The second-order valence-corrected chi connectivity index (χ2v) is 10.7. The number of nitrogens with zero attached hydrogens (tertiary/aromatic N) is 2. The minimum atomic E-state index is -4.60. The third kappa shape index (κ3) is 3.55. The monoisotopic (exact) mass is 480 g/mol. The highest BCUT2D eigenvalue weighted by molar-refractivity contribution is 7.94. The van der Waals surface area contributed by atoms with Gasteiger partial charge in [0.1, 0.15) is 10.4 Å². The van der Waals surface area contributed by atoms with E-state index < -0.39 is 40.7 Å². The number of oxazole rings is 1. The van der Waals surface area contributed by atoms with E-state index in [1.807, 2.05) is 5.53 Å². The predicted octanol–water partition coefficient (Wildman–Crippen LogP) is -1.45. The number of hydrogen-bond donors (Lipinski definition) is 6. The van der Waals surface area contributed by atoms with E-state index in [9.17, 15) is 16.8 Å². The first kappa shape index (κ1) is 22.0. The Morgan fingerprint density at radius 3 is 2.47 bits per heavy atom. The highest BCUT2D eigenvalue weighted by Crippen LogP contribution is 2.38. The lowest BCUT2D eigenvalue weighted by atomic mass is 9.98. The molecule has 0 bridgehead atoms. The van der Waals surface area contributed by atoms with Crippen LogP contribution in [0.1, 0.15) is 5.56 Å². The summed E-state index contributed by atoms with van der Waals surface area (Å²) in [5.41, 5.74) is 14.6. The number of hydrazone groups is 1. The van der Waals surface area contributed by atoms with Crippen LogP contribution in [0.25, 0.3) is 22.2 Å². The number of aromatic nitrogens is 1. The number of para-hydroxylation sites is 1. The number of hydrogen-bond acceptors (Lipinski definition) is 11. The van der Waals surface area contributed by atoms with Gasteiger partial charge in [-0.3, -0.25) is 0 Å². The van der Waals surface area contributed by atoms with Crippen LogP contribution in [-0.2, 0) is 19.9 Å². The number of rotatable bonds is 6. The minimum Gasteiger partial charge on any atom is -0.424 e. The van der Waals surface area contributed by atoms with Gasteiger partial charge in [0.15, 0.2) is 21.3 Å². The highest BCUT2D eigenvalue weighted by atomic mass is 32.2. The summed E-state index contributed by atoms with van der Waals surface area (Å²) in [5, 5.41) is 11.2. The number of sulfonamides is 1. The van der Waals surface area contributed by atoms with E-state index in [2.05, 4.69) is 15.4 Å². The average Bonchev–Trinajstić information content (AvgIpc) is 3.04. The lowest BCUT2D eigenvalue weighted by molar-refractivity contribution is 0.493. The third-order valence-electron chi connectivity index (χ3n) is 5.06. The fourth-order valence-corrected chi connectivity index (χ4v) is 6.71. The molecular weight excluding hydrogens is 460 g/mol. The molecule has 1 aliphatic rings. The number of fused-ring (bicyclic) bond motifs is 1. The predicted molar refractivity (Wildman–Crippen MR) is 117 cm³/mol. The molecule has 15 heteroatoms. The summed E-state index contributed by atoms with van der Waals surface area (Å²) in [4.78, 5) is 2.97. The zero-order valence-electron chi connectivity index (χ0n) is 16.4. The molecule has 0 radical (unpaired) electrons. The molecular formula is C17H20N8O5S2. The van der Waals surface area contributed by atoms with Crippen LogP contribution in [0, 0.1) is 0 Å². The Labute approximate surface area is 182 Å². The largest absolute Gasteiger partial charge is 0.424 e. The molecule has 0 spiro atoms. The Morgan fingerprint density at radius 2 is 1.88 bits per heavy atom. The number of nitrogen functional groups attached to an aromatic ring is 1. The molecule has 0 unspecified atom stereocenters. The van der Waals surface area contributed by atoms with Crippen molar-refractivity contribution < 1.29 is 21.3 Å². The zero-order chi connectivity index (χ0) is 23.3. The van der Waals surface area contributed by atoms with Gasteiger partial charge >= 0.3 is 0 Å². The molecule has 0 saturated carbocycles. The van der Waals surface area contributed by atoms with Gasteiger partial charge in [-0.15, -0.1) is 5.10 Å². The van der Waals surface area contributed by atoms with Crippen molar-refractivity contribution in [2.45, 2.75) is 15.0 Å². The summed E-state index contributed by atoms with van der Waals surface area (Å²) in [5.74, 6) is 4.84. The second-order valence-electron chi connectivity index (χ2n) is 7.02. The molecule has 4 rings (SSSR count). The van der Waals surface area contributed by atoms with E-state index in [-0.39, 0.29) is 30.2 Å². The number of anilines is 1. The molecule has 1 aliphatic heterocycles. The molecule has 1 saturated heterocycles. The summed E-state index contributed by atoms with van der Waals surface area (Å²) in [6.07, 6.45) is 0. The van der Waals surface area contributed by atoms with Gasteiger partial charge in [-0.1, -0.05) is 18.2 Å². The van der Waals surface area contributed by atoms with Gasteiger partial charge in [-0.05, 0) is 17.7 Å². The molecule has 10 N–H and O–H groups in total. The number of nitrogens with two attached hydrogens (primary N) is 4. The van der Waals surface area contributed by atoms with Crippen LogP contribution in [0.4, 0.5) is 6.01 Å². The van der Waals surface area contributed by atoms with E-state index in [0.29, 0.717) is 16.7 Å². The molecule has 0 atom stereocenters. The Bertz CT molecular complexity index is 1460. The number of nitrogens with one attached hydrogen (secondary N) is 2. The van der Waals surface area contributed by atoms with Crippen LogP contribution in [0.5, 0.6) is 0 Å². The number of amidine groups is 1. The van der Waals surface area contributed by atoms with Gasteiger partial charge in [0, 0.05) is 24.2 Å². The Hall–Kier alpha value is -3.24. The van der Waals surface area contributed by atoms with Crippen molar-refractivity contribution in [1.82, 2.24) is 15.8 Å². The van der Waals surface area contributed by atoms with Gasteiger partial charge in [0.25, 0.3) is 6.01 Å². The van der Waals surface area contributed by atoms with Crippen LogP contribution in [0.15, 0.2) is 49.6 Å². The fraction of sp³-hybridized carbons (Fsp3) is 0.176. The third-order valence-corrected chi connectivity index (χ3v) is 8.35. The number of benzene rings is 2. The van der Waals surface area contributed by atoms with Crippen molar-refractivity contribution in [1.29, 1.82) is 0 Å². The summed E-state index contributed by atoms with van der Waals surface area (Å²) in [7, 11) is -8.67. The fourth-order valence-electron chi connectivity index (χ4n) is 3.52. The maximum Gasteiger partial charge on any atom is 0.293 e. The first-order valence-electron chi connectivity index (χ1n) is 9.14. The molecule has 0 amide bonds. The quantitative estimate of drug-likeness (QED) is 0.103. The number of hydrazine groups is 1. The topological polar surface area (TPSA) is 235 Å². The average molecular weight is 481 g/mol. The van der Waals surface area contributed by atoms with Gasteiger partial charge in [0.2, 0.25) is 10.0 Å². The number of sulfone groups is 1. The first-order chi connectivity index (χ1) is 15.1. The number of primary sulfonamides is 1. The molecule has 13 nitrogen and oxygen atoms in total. The van der Waals surface area contributed by atoms with Gasteiger partial charge in [-0.25, -0.2) is 33.4 Å². The SMILES string of the molecule is NN/N=C(\N)c1c(-c2cccc3oc(N)nc23)ccc(S(=O)(=O)C2CNC2)c1S(N)(=O)=O. The lowest BCUT2D eigenvalue weighted by Gasteiger charge is -2.28. The maximum absolute atomic E-state index is 13.2. The molecule has 170 valence electrons. The van der Waals surface area contributed by atoms with Crippen molar-refractivity contribution in [3.05, 3.63) is 35.9 Å². The van der Waals surface area contributed by atoms with Crippen LogP contribution in [-0.4, -0.2) is 46.0 Å². The van der Waals surface area contributed by atoms with Gasteiger partial charge in [-0.2, -0.15) is 4.98 Å². The normalized spacial score (nSPS) is 15.6. The minimum absolute atomic E-state index is 0.109. The van der Waals surface area contributed by atoms with Crippen LogP contribution in [0.3, 0.4) is 0 Å². The van der Waals surface area contributed by atoms with Crippen molar-refractivity contribution >= 4 is 42.8 Å². The van der Waals surface area contributed by atoms with Crippen molar-refractivity contribution in [3.8, 4) is 11.1 Å². The molecule has 1 aromatic heterocycles. The molecule has 2 heterocycles. The Kier molecular flexibility index (Phi) is 5.30. The van der Waals surface area contributed by atoms with E-state index in [1.54, 1.807) is 18.2 Å². The standard InChI is InChI=1S/C17H20N8O5S2/c18-16(24-25-20)13-9(10-2-1-3-11-14(10)23-17(19)30-11)4-5-12(15(13)32(21,28)29)31(26,27)8-6-22-7-8/h1-5,8,22,25H,6-7,20H2,(H2,18,24)(H2,19,23)(H2,21,28,29).